The third kappa shape index (κ3) is 6.84. The fourth-order valence-electron chi connectivity index (χ4n) is 3.21. The van der Waals surface area contributed by atoms with Crippen molar-refractivity contribution in [1.82, 2.24) is 10.2 Å². The Balaban J connectivity index is 1.86. The highest BCUT2D eigenvalue weighted by Crippen LogP contribution is 2.13. The molecule has 4 nitrogen and oxygen atoms in total. The summed E-state index contributed by atoms with van der Waals surface area (Å²) >= 11 is 0. The number of hydrogen-bond donors (Lipinski definition) is 1. The maximum absolute atomic E-state index is 12.8. The molecule has 0 saturated heterocycles. The molecule has 0 aliphatic carbocycles. The molecular weight excluding hydrogens is 348 g/mol. The molecule has 2 rings (SSSR count). The first-order chi connectivity index (χ1) is 13.5. The number of benzene rings is 2. The summed E-state index contributed by atoms with van der Waals surface area (Å²) < 4.78 is 0. The second-order valence-corrected chi connectivity index (χ2v) is 7.28. The van der Waals surface area contributed by atoms with Crippen molar-refractivity contribution in [3.8, 4) is 0 Å². The van der Waals surface area contributed by atoms with Crippen LogP contribution in [0.1, 0.15) is 57.2 Å². The molecule has 150 valence electrons. The van der Waals surface area contributed by atoms with Crippen molar-refractivity contribution >= 4 is 11.8 Å². The third-order valence-corrected chi connectivity index (χ3v) is 5.17. The van der Waals surface area contributed by atoms with Gasteiger partial charge in [0.05, 0.1) is 6.04 Å². The molecule has 0 heterocycles. The number of nitrogens with zero attached hydrogens (tertiary/aromatic N) is 1. The molecule has 2 unspecified atom stereocenters. The number of rotatable bonds is 10. The summed E-state index contributed by atoms with van der Waals surface area (Å²) in [7, 11) is 0. The summed E-state index contributed by atoms with van der Waals surface area (Å²) in [5, 5.41) is 3.03. The predicted molar refractivity (Wildman–Crippen MR) is 114 cm³/mol. The van der Waals surface area contributed by atoms with E-state index in [-0.39, 0.29) is 23.9 Å². The lowest BCUT2D eigenvalue weighted by Crippen LogP contribution is -2.41. The molecule has 4 heteroatoms. The van der Waals surface area contributed by atoms with Gasteiger partial charge >= 0.3 is 0 Å². The maximum Gasteiger partial charge on any atom is 0.223 e. The average Bonchev–Trinajstić information content (AvgIpc) is 2.73. The first-order valence-electron chi connectivity index (χ1n) is 10.2. The van der Waals surface area contributed by atoms with Gasteiger partial charge < -0.3 is 10.2 Å². The average molecular weight is 381 g/mol. The summed E-state index contributed by atoms with van der Waals surface area (Å²) in [6.07, 6.45) is 2.39. The Morgan fingerprint density at radius 1 is 0.929 bits per heavy atom. The number of carbonyl (C=O) groups is 2. The van der Waals surface area contributed by atoms with Crippen LogP contribution >= 0.6 is 0 Å². The van der Waals surface area contributed by atoms with Crippen molar-refractivity contribution in [2.45, 2.75) is 58.5 Å². The van der Waals surface area contributed by atoms with Gasteiger partial charge in [-0.2, -0.15) is 0 Å². The van der Waals surface area contributed by atoms with Crippen LogP contribution < -0.4 is 5.32 Å². The highest BCUT2D eigenvalue weighted by Gasteiger charge is 2.20. The zero-order valence-corrected chi connectivity index (χ0v) is 17.2. The summed E-state index contributed by atoms with van der Waals surface area (Å²) in [4.78, 5) is 27.0. The second kappa shape index (κ2) is 11.3. The minimum atomic E-state index is -0.0421. The Morgan fingerprint density at radius 3 is 2.14 bits per heavy atom. The summed E-state index contributed by atoms with van der Waals surface area (Å²) in [6, 6.07) is 20.0. The first-order valence-corrected chi connectivity index (χ1v) is 10.2. The van der Waals surface area contributed by atoms with E-state index in [1.54, 1.807) is 0 Å². The lowest BCUT2D eigenvalue weighted by molar-refractivity contribution is -0.134. The van der Waals surface area contributed by atoms with Gasteiger partial charge in [0.15, 0.2) is 0 Å². The van der Waals surface area contributed by atoms with Crippen molar-refractivity contribution < 1.29 is 9.59 Å². The predicted octanol–water partition coefficient (Wildman–Crippen LogP) is 4.51. The monoisotopic (exact) mass is 380 g/mol. The number of carbonyl (C=O) groups excluding carboxylic acids is 2. The lowest BCUT2D eigenvalue weighted by Gasteiger charge is -2.29. The van der Waals surface area contributed by atoms with Crippen LogP contribution in [0.4, 0.5) is 0 Å². The lowest BCUT2D eigenvalue weighted by atomic mass is 10.1. The Kier molecular flexibility index (Phi) is 8.73. The molecule has 2 aromatic carbocycles. The smallest absolute Gasteiger partial charge is 0.223 e. The van der Waals surface area contributed by atoms with Gasteiger partial charge in [-0.25, -0.2) is 0 Å². The largest absolute Gasteiger partial charge is 0.350 e. The standard InChI is InChI=1S/C24H32N2O2/c1-4-19(2)26(24(28)16-15-21-11-7-5-8-12-21)18-17-23(27)25-20(3)22-13-9-6-10-14-22/h5-14,19-20H,4,15-18H2,1-3H3,(H,25,27). The van der Waals surface area contributed by atoms with Gasteiger partial charge in [0.25, 0.3) is 0 Å². The molecule has 0 aliphatic rings. The van der Waals surface area contributed by atoms with Crippen molar-refractivity contribution in [2.24, 2.45) is 0 Å². The van der Waals surface area contributed by atoms with Crippen LogP contribution in [-0.4, -0.2) is 29.3 Å². The van der Waals surface area contributed by atoms with Gasteiger partial charge in [-0.15, -0.1) is 0 Å². The molecule has 0 spiro atoms. The molecule has 0 radical (unpaired) electrons. The fourth-order valence-corrected chi connectivity index (χ4v) is 3.21. The van der Waals surface area contributed by atoms with E-state index < -0.39 is 0 Å². The van der Waals surface area contributed by atoms with E-state index in [9.17, 15) is 9.59 Å². The Bertz CT molecular complexity index is 731. The Hall–Kier alpha value is -2.62. The van der Waals surface area contributed by atoms with Crippen LogP contribution in [0.5, 0.6) is 0 Å². The maximum atomic E-state index is 12.8. The molecule has 2 amide bonds. The molecule has 0 aliphatic heterocycles. The highest BCUT2D eigenvalue weighted by atomic mass is 16.2. The summed E-state index contributed by atoms with van der Waals surface area (Å²) in [5.41, 5.74) is 2.24. The van der Waals surface area contributed by atoms with E-state index >= 15 is 0 Å². The highest BCUT2D eigenvalue weighted by molar-refractivity contribution is 5.79. The third-order valence-electron chi connectivity index (χ3n) is 5.17. The minimum absolute atomic E-state index is 0.0273. The molecule has 0 aromatic heterocycles. The molecule has 0 bridgehead atoms. The van der Waals surface area contributed by atoms with Gasteiger partial charge in [0.1, 0.15) is 0 Å². The number of amides is 2. The first kappa shape index (κ1) is 21.7. The van der Waals surface area contributed by atoms with Crippen molar-refractivity contribution in [3.05, 3.63) is 71.8 Å². The van der Waals surface area contributed by atoms with Crippen LogP contribution in [0.25, 0.3) is 0 Å². The van der Waals surface area contributed by atoms with Crippen LogP contribution in [0.2, 0.25) is 0 Å². The van der Waals surface area contributed by atoms with E-state index in [1.807, 2.05) is 79.4 Å². The molecular formula is C24H32N2O2. The molecule has 28 heavy (non-hydrogen) atoms. The topological polar surface area (TPSA) is 49.4 Å². The van der Waals surface area contributed by atoms with E-state index in [1.165, 1.54) is 0 Å². The second-order valence-electron chi connectivity index (χ2n) is 7.28. The summed E-state index contributed by atoms with van der Waals surface area (Å²) in [6.45, 7) is 6.55. The van der Waals surface area contributed by atoms with Gasteiger partial charge in [0.2, 0.25) is 11.8 Å². The van der Waals surface area contributed by atoms with Gasteiger partial charge in [0, 0.05) is 25.4 Å². The Labute approximate surface area is 169 Å². The molecule has 1 N–H and O–H groups in total. The normalized spacial score (nSPS) is 12.8. The minimum Gasteiger partial charge on any atom is -0.350 e. The van der Waals surface area contributed by atoms with Gasteiger partial charge in [-0.3, -0.25) is 9.59 Å². The van der Waals surface area contributed by atoms with Crippen LogP contribution in [0.3, 0.4) is 0 Å². The summed E-state index contributed by atoms with van der Waals surface area (Å²) in [5.74, 6) is 0.0858. The van der Waals surface area contributed by atoms with Crippen LogP contribution in [-0.2, 0) is 16.0 Å². The quantitative estimate of drug-likeness (QED) is 0.659. The zero-order valence-electron chi connectivity index (χ0n) is 17.2. The van der Waals surface area contributed by atoms with Crippen molar-refractivity contribution in [3.63, 3.8) is 0 Å². The van der Waals surface area contributed by atoms with E-state index in [0.29, 0.717) is 19.4 Å². The Morgan fingerprint density at radius 2 is 1.54 bits per heavy atom. The molecule has 0 fully saturated rings. The number of aryl methyl sites for hydroxylation is 1. The number of hydrogen-bond acceptors (Lipinski definition) is 2. The molecule has 2 atom stereocenters. The van der Waals surface area contributed by atoms with Crippen LogP contribution in [0.15, 0.2) is 60.7 Å². The van der Waals surface area contributed by atoms with E-state index in [2.05, 4.69) is 12.2 Å². The number of nitrogens with one attached hydrogen (secondary N) is 1. The van der Waals surface area contributed by atoms with Crippen molar-refractivity contribution in [1.29, 1.82) is 0 Å². The molecule has 0 saturated carbocycles. The van der Waals surface area contributed by atoms with Gasteiger partial charge in [-0.05, 0) is 37.8 Å². The fraction of sp³-hybridized carbons (Fsp3) is 0.417. The van der Waals surface area contributed by atoms with Gasteiger partial charge in [-0.1, -0.05) is 67.6 Å². The van der Waals surface area contributed by atoms with Crippen molar-refractivity contribution in [2.75, 3.05) is 6.54 Å². The molecule has 2 aromatic rings. The zero-order chi connectivity index (χ0) is 20.4. The van der Waals surface area contributed by atoms with E-state index in [4.69, 9.17) is 0 Å². The van der Waals surface area contributed by atoms with Crippen LogP contribution in [0, 0.1) is 0 Å². The SMILES string of the molecule is CCC(C)N(CCC(=O)NC(C)c1ccccc1)C(=O)CCc1ccccc1. The van der Waals surface area contributed by atoms with E-state index in [0.717, 1.165) is 24.0 Å².